The Kier molecular flexibility index (Phi) is 4.47. The standard InChI is InChI=1S/C21H23N3O/c25-23-19-8-10-21(11-9-19,24-14-12-22-13-15-24)16-18-6-3-5-17-4-1-2-7-20(17)18/h1-10,22H,11-16H2. The number of nitrogens with zero attached hydrogens (tertiary/aromatic N) is 2. The molecule has 1 heterocycles. The zero-order valence-corrected chi connectivity index (χ0v) is 14.3. The first-order chi connectivity index (χ1) is 12.3. The highest BCUT2D eigenvalue weighted by Crippen LogP contribution is 2.34. The van der Waals surface area contributed by atoms with Crippen LogP contribution in [0.2, 0.25) is 0 Å². The molecule has 0 amide bonds. The molecule has 4 nitrogen and oxygen atoms in total. The third-order valence-electron chi connectivity index (χ3n) is 5.46. The maximum atomic E-state index is 10.9. The van der Waals surface area contributed by atoms with Crippen LogP contribution in [0.1, 0.15) is 12.0 Å². The van der Waals surface area contributed by atoms with E-state index in [0.29, 0.717) is 5.70 Å². The van der Waals surface area contributed by atoms with E-state index in [2.05, 4.69) is 63.9 Å². The van der Waals surface area contributed by atoms with Crippen molar-refractivity contribution in [2.75, 3.05) is 26.2 Å². The fourth-order valence-corrected chi connectivity index (χ4v) is 4.09. The zero-order chi connectivity index (χ0) is 17.1. The van der Waals surface area contributed by atoms with Gasteiger partial charge in [0, 0.05) is 31.7 Å². The molecule has 1 saturated heterocycles. The van der Waals surface area contributed by atoms with Crippen LogP contribution in [-0.4, -0.2) is 36.6 Å². The molecule has 2 aliphatic rings. The third-order valence-corrected chi connectivity index (χ3v) is 5.46. The Hall–Kier alpha value is -2.30. The van der Waals surface area contributed by atoms with Crippen molar-refractivity contribution in [3.8, 4) is 0 Å². The van der Waals surface area contributed by atoms with Crippen LogP contribution in [0.5, 0.6) is 0 Å². The number of hydrogen-bond acceptors (Lipinski definition) is 4. The van der Waals surface area contributed by atoms with E-state index in [4.69, 9.17) is 0 Å². The van der Waals surface area contributed by atoms with E-state index < -0.39 is 0 Å². The van der Waals surface area contributed by atoms with Crippen LogP contribution in [0.25, 0.3) is 10.8 Å². The SMILES string of the molecule is O=NC1=CCC(Cc2cccc3ccccc23)(N2CCNCC2)C=C1. The highest BCUT2D eigenvalue weighted by atomic mass is 16.3. The first-order valence-corrected chi connectivity index (χ1v) is 8.96. The molecule has 25 heavy (non-hydrogen) atoms. The van der Waals surface area contributed by atoms with Crippen LogP contribution < -0.4 is 5.32 Å². The molecular formula is C21H23N3O. The summed E-state index contributed by atoms with van der Waals surface area (Å²) < 4.78 is 0. The highest BCUT2D eigenvalue weighted by Gasteiger charge is 2.36. The molecule has 1 N–H and O–H groups in total. The van der Waals surface area contributed by atoms with Crippen molar-refractivity contribution in [3.63, 3.8) is 0 Å². The quantitative estimate of drug-likeness (QED) is 0.869. The van der Waals surface area contributed by atoms with Gasteiger partial charge in [0.15, 0.2) is 0 Å². The fraction of sp³-hybridized carbons (Fsp3) is 0.333. The normalized spacial score (nSPS) is 24.2. The number of nitroso groups, excluding NO2 is 1. The molecule has 1 fully saturated rings. The Morgan fingerprint density at radius 3 is 2.64 bits per heavy atom. The number of hydrogen-bond donors (Lipinski definition) is 1. The van der Waals surface area contributed by atoms with Gasteiger partial charge in [-0.2, -0.15) is 0 Å². The molecule has 2 aromatic rings. The Morgan fingerprint density at radius 2 is 1.88 bits per heavy atom. The van der Waals surface area contributed by atoms with E-state index in [1.54, 1.807) is 0 Å². The van der Waals surface area contributed by atoms with E-state index in [1.165, 1.54) is 16.3 Å². The lowest BCUT2D eigenvalue weighted by Gasteiger charge is -2.45. The molecule has 1 atom stereocenters. The maximum Gasteiger partial charge on any atom is 0.103 e. The summed E-state index contributed by atoms with van der Waals surface area (Å²) in [4.78, 5) is 13.4. The second-order valence-corrected chi connectivity index (χ2v) is 6.91. The van der Waals surface area contributed by atoms with Crippen molar-refractivity contribution in [2.24, 2.45) is 5.18 Å². The van der Waals surface area contributed by atoms with E-state index in [-0.39, 0.29) is 5.54 Å². The number of fused-ring (bicyclic) bond motifs is 1. The molecule has 1 aliphatic heterocycles. The minimum absolute atomic E-state index is 0.0829. The molecule has 4 rings (SSSR count). The van der Waals surface area contributed by atoms with E-state index in [0.717, 1.165) is 39.0 Å². The Bertz CT molecular complexity index is 831. The third kappa shape index (κ3) is 3.15. The summed E-state index contributed by atoms with van der Waals surface area (Å²) in [5, 5.41) is 9.14. The monoisotopic (exact) mass is 333 g/mol. The van der Waals surface area contributed by atoms with Gasteiger partial charge >= 0.3 is 0 Å². The van der Waals surface area contributed by atoms with Gasteiger partial charge in [-0.3, -0.25) is 4.90 Å². The van der Waals surface area contributed by atoms with Crippen molar-refractivity contribution < 1.29 is 0 Å². The van der Waals surface area contributed by atoms with Crippen molar-refractivity contribution in [2.45, 2.75) is 18.4 Å². The second kappa shape index (κ2) is 6.90. The average Bonchev–Trinajstić information content (AvgIpc) is 2.69. The Morgan fingerprint density at radius 1 is 1.08 bits per heavy atom. The van der Waals surface area contributed by atoms with E-state index >= 15 is 0 Å². The van der Waals surface area contributed by atoms with Gasteiger partial charge < -0.3 is 5.32 Å². The Balaban J connectivity index is 1.72. The number of allylic oxidation sites excluding steroid dienone is 1. The van der Waals surface area contributed by atoms with E-state index in [9.17, 15) is 4.91 Å². The van der Waals surface area contributed by atoms with Gasteiger partial charge in [-0.25, -0.2) is 0 Å². The summed E-state index contributed by atoms with van der Waals surface area (Å²) >= 11 is 0. The predicted molar refractivity (Wildman–Crippen MR) is 102 cm³/mol. The Labute approximate surface area is 148 Å². The maximum absolute atomic E-state index is 10.9. The minimum atomic E-state index is -0.0829. The van der Waals surface area contributed by atoms with Crippen LogP contribution in [0.4, 0.5) is 0 Å². The van der Waals surface area contributed by atoms with E-state index in [1.807, 2.05) is 12.2 Å². The first-order valence-electron chi connectivity index (χ1n) is 8.96. The second-order valence-electron chi connectivity index (χ2n) is 6.91. The molecule has 1 aliphatic carbocycles. The molecule has 2 aromatic carbocycles. The molecule has 1 unspecified atom stereocenters. The van der Waals surface area contributed by atoms with Gasteiger partial charge in [-0.05, 0) is 40.4 Å². The van der Waals surface area contributed by atoms with Crippen LogP contribution in [0, 0.1) is 4.91 Å². The van der Waals surface area contributed by atoms with Gasteiger partial charge in [0.25, 0.3) is 0 Å². The summed E-state index contributed by atoms with van der Waals surface area (Å²) in [5.41, 5.74) is 1.82. The highest BCUT2D eigenvalue weighted by molar-refractivity contribution is 5.85. The predicted octanol–water partition coefficient (Wildman–Crippen LogP) is 3.64. The van der Waals surface area contributed by atoms with Crippen molar-refractivity contribution >= 4 is 10.8 Å². The van der Waals surface area contributed by atoms with Crippen molar-refractivity contribution in [1.29, 1.82) is 0 Å². The summed E-state index contributed by atoms with van der Waals surface area (Å²) in [7, 11) is 0. The molecule has 0 aromatic heterocycles. The summed E-state index contributed by atoms with van der Waals surface area (Å²) in [5.74, 6) is 0. The molecule has 0 spiro atoms. The lowest BCUT2D eigenvalue weighted by atomic mass is 9.81. The van der Waals surface area contributed by atoms with Crippen molar-refractivity contribution in [3.05, 3.63) is 76.9 Å². The van der Waals surface area contributed by atoms with Crippen LogP contribution in [-0.2, 0) is 6.42 Å². The molecule has 4 heteroatoms. The molecular weight excluding hydrogens is 310 g/mol. The summed E-state index contributed by atoms with van der Waals surface area (Å²) in [6, 6.07) is 15.1. The minimum Gasteiger partial charge on any atom is -0.314 e. The number of benzene rings is 2. The van der Waals surface area contributed by atoms with Crippen molar-refractivity contribution in [1.82, 2.24) is 10.2 Å². The fourth-order valence-electron chi connectivity index (χ4n) is 4.09. The lowest BCUT2D eigenvalue weighted by molar-refractivity contribution is 0.113. The van der Waals surface area contributed by atoms with Gasteiger partial charge in [-0.1, -0.05) is 54.6 Å². The largest absolute Gasteiger partial charge is 0.314 e. The van der Waals surface area contributed by atoms with Gasteiger partial charge in [-0.15, -0.1) is 4.91 Å². The zero-order valence-electron chi connectivity index (χ0n) is 14.3. The molecule has 0 bridgehead atoms. The topological polar surface area (TPSA) is 44.7 Å². The van der Waals surface area contributed by atoms with Gasteiger partial charge in [0.05, 0.1) is 0 Å². The smallest absolute Gasteiger partial charge is 0.103 e. The van der Waals surface area contributed by atoms with Crippen LogP contribution >= 0.6 is 0 Å². The number of nitrogens with one attached hydrogen (secondary N) is 1. The molecule has 0 radical (unpaired) electrons. The summed E-state index contributed by atoms with van der Waals surface area (Å²) in [6.07, 6.45) is 7.85. The lowest BCUT2D eigenvalue weighted by Crippen LogP contribution is -2.56. The van der Waals surface area contributed by atoms with Gasteiger partial charge in [0.2, 0.25) is 0 Å². The molecule has 0 saturated carbocycles. The van der Waals surface area contributed by atoms with Crippen LogP contribution in [0.3, 0.4) is 0 Å². The number of rotatable bonds is 4. The number of piperazine rings is 1. The molecule has 128 valence electrons. The summed E-state index contributed by atoms with van der Waals surface area (Å²) in [6.45, 7) is 4.06. The van der Waals surface area contributed by atoms with Gasteiger partial charge in [0.1, 0.15) is 5.70 Å². The average molecular weight is 333 g/mol. The first kappa shape index (κ1) is 16.2. The van der Waals surface area contributed by atoms with Crippen LogP contribution in [0.15, 0.2) is 71.6 Å².